The molecule has 0 spiro atoms. The zero-order valence-corrected chi connectivity index (χ0v) is 19.3. The summed E-state index contributed by atoms with van der Waals surface area (Å²) in [7, 11) is 1.08. The molecule has 0 radical (unpaired) electrons. The lowest BCUT2D eigenvalue weighted by Crippen LogP contribution is -2.42. The van der Waals surface area contributed by atoms with Gasteiger partial charge in [-0.15, -0.1) is 0 Å². The molecule has 1 unspecified atom stereocenters. The Morgan fingerprint density at radius 3 is 2.67 bits per heavy atom. The van der Waals surface area contributed by atoms with E-state index in [0.29, 0.717) is 12.4 Å². The first-order valence-corrected chi connectivity index (χ1v) is 10.9. The van der Waals surface area contributed by atoms with Crippen LogP contribution in [0.25, 0.3) is 0 Å². The lowest BCUT2D eigenvalue weighted by Gasteiger charge is -2.30. The van der Waals surface area contributed by atoms with Crippen LogP contribution in [0.5, 0.6) is 0 Å². The quantitative estimate of drug-likeness (QED) is 0.351. The molecule has 4 rings (SSSR count). The number of amidine groups is 1. The van der Waals surface area contributed by atoms with E-state index in [2.05, 4.69) is 15.3 Å². The maximum atomic E-state index is 14.6. The summed E-state index contributed by atoms with van der Waals surface area (Å²) >= 11 is 6.22. The highest BCUT2D eigenvalue weighted by Crippen LogP contribution is 2.38. The van der Waals surface area contributed by atoms with Gasteiger partial charge in [-0.25, -0.2) is 31.7 Å². The molecule has 0 bridgehead atoms. The Morgan fingerprint density at radius 1 is 1.28 bits per heavy atom. The molecule has 1 aromatic carbocycles. The third kappa shape index (κ3) is 5.09. The number of aliphatic imine (C=N–C) groups is 1. The number of aromatic nitrogens is 1. The highest BCUT2D eigenvalue weighted by atomic mass is 35.5. The number of likely N-dealkylation sites (tertiary alicyclic amines) is 1. The standard InChI is InChI=1S/C23H18ClF5N4O3/c1-36-22(35)18-17(8-33-10-23(28,29)6-13(33)9-34)31-21(20-16(27)5-12(26)7-30-20)32-19(18)14-3-2-11(25)4-15(14)24/h2-5,7,9,13,19H,6,8,10H2,1H3,(H,31,32)/t13?,19-/m0/s1. The molecule has 1 fully saturated rings. The van der Waals surface area contributed by atoms with E-state index in [9.17, 15) is 31.5 Å². The second-order valence-corrected chi connectivity index (χ2v) is 8.61. The minimum atomic E-state index is -3.16. The van der Waals surface area contributed by atoms with Gasteiger partial charge in [-0.1, -0.05) is 17.7 Å². The van der Waals surface area contributed by atoms with E-state index in [4.69, 9.17) is 16.3 Å². The molecule has 0 saturated carbocycles. The van der Waals surface area contributed by atoms with Crippen LogP contribution in [0.2, 0.25) is 5.02 Å². The predicted octanol–water partition coefficient (Wildman–Crippen LogP) is 3.58. The SMILES string of the molecule is COC(=O)C1=C(CN2CC(F)(F)CC2C=O)NC(c2ncc(F)cc2F)=N[C@H]1c1ccc(F)cc1Cl. The van der Waals surface area contributed by atoms with Crippen LogP contribution in [0.1, 0.15) is 23.7 Å². The largest absolute Gasteiger partial charge is 0.466 e. The molecule has 2 atom stereocenters. The number of methoxy groups -OCH3 is 1. The summed E-state index contributed by atoms with van der Waals surface area (Å²) in [4.78, 5) is 33.5. The first-order chi connectivity index (χ1) is 17.0. The Morgan fingerprint density at radius 2 is 2.03 bits per heavy atom. The van der Waals surface area contributed by atoms with E-state index in [1.165, 1.54) is 6.07 Å². The first-order valence-electron chi connectivity index (χ1n) is 10.5. The van der Waals surface area contributed by atoms with Crippen molar-refractivity contribution >= 4 is 29.7 Å². The minimum Gasteiger partial charge on any atom is -0.466 e. The maximum Gasteiger partial charge on any atom is 0.338 e. The molecule has 2 aliphatic heterocycles. The lowest BCUT2D eigenvalue weighted by molar-refractivity contribution is -0.136. The molecule has 1 saturated heterocycles. The molecule has 13 heteroatoms. The molecule has 190 valence electrons. The molecule has 36 heavy (non-hydrogen) atoms. The smallest absolute Gasteiger partial charge is 0.338 e. The van der Waals surface area contributed by atoms with Gasteiger partial charge in [0, 0.05) is 35.3 Å². The highest BCUT2D eigenvalue weighted by Gasteiger charge is 2.46. The summed E-state index contributed by atoms with van der Waals surface area (Å²) in [5.74, 6) is -7.08. The highest BCUT2D eigenvalue weighted by molar-refractivity contribution is 6.31. The fraction of sp³-hybridized carbons (Fsp3) is 0.304. The van der Waals surface area contributed by atoms with Gasteiger partial charge in [0.15, 0.2) is 11.7 Å². The summed E-state index contributed by atoms with van der Waals surface area (Å²) in [6, 6.07) is 1.39. The van der Waals surface area contributed by atoms with Crippen LogP contribution in [0, 0.1) is 17.5 Å². The van der Waals surface area contributed by atoms with Crippen LogP contribution in [-0.4, -0.2) is 60.1 Å². The first kappa shape index (κ1) is 25.7. The number of ether oxygens (including phenoxy) is 1. The fourth-order valence-corrected chi connectivity index (χ4v) is 4.42. The number of rotatable bonds is 6. The van der Waals surface area contributed by atoms with Gasteiger partial charge in [-0.05, 0) is 12.1 Å². The van der Waals surface area contributed by atoms with Crippen molar-refractivity contribution in [3.05, 3.63) is 75.5 Å². The number of hydrogen-bond acceptors (Lipinski definition) is 7. The summed E-state index contributed by atoms with van der Waals surface area (Å²) in [5.41, 5.74) is -0.541. The van der Waals surface area contributed by atoms with E-state index in [1.54, 1.807) is 0 Å². The molecular weight excluding hydrogens is 511 g/mol. The maximum absolute atomic E-state index is 14.6. The number of hydrogen-bond donors (Lipinski definition) is 1. The van der Waals surface area contributed by atoms with Gasteiger partial charge < -0.3 is 14.8 Å². The van der Waals surface area contributed by atoms with Crippen LogP contribution in [0.3, 0.4) is 0 Å². The Hall–Kier alpha value is -3.38. The van der Waals surface area contributed by atoms with Crippen LogP contribution >= 0.6 is 11.6 Å². The number of carbonyl (C=O) groups is 2. The normalized spacial score (nSPS) is 21.7. The second-order valence-electron chi connectivity index (χ2n) is 8.21. The van der Waals surface area contributed by atoms with E-state index < -0.39 is 60.1 Å². The minimum absolute atomic E-state index is 0.0488. The number of alkyl halides is 2. The van der Waals surface area contributed by atoms with Crippen LogP contribution in [0.15, 0.2) is 46.7 Å². The molecule has 2 aliphatic rings. The molecule has 0 amide bonds. The van der Waals surface area contributed by atoms with E-state index in [-0.39, 0.29) is 34.2 Å². The molecule has 1 aromatic heterocycles. The Balaban J connectivity index is 1.88. The third-order valence-electron chi connectivity index (χ3n) is 5.75. The number of esters is 1. The van der Waals surface area contributed by atoms with Crippen molar-refractivity contribution in [3.63, 3.8) is 0 Å². The molecule has 2 aromatic rings. The number of aldehydes is 1. The zero-order valence-electron chi connectivity index (χ0n) is 18.6. The summed E-state index contributed by atoms with van der Waals surface area (Å²) < 4.78 is 74.8. The fourth-order valence-electron chi connectivity index (χ4n) is 4.15. The van der Waals surface area contributed by atoms with Crippen LogP contribution in [0.4, 0.5) is 22.0 Å². The topological polar surface area (TPSA) is 83.9 Å². The average molecular weight is 529 g/mol. The van der Waals surface area contributed by atoms with Gasteiger partial charge in [0.25, 0.3) is 5.92 Å². The molecule has 7 nitrogen and oxygen atoms in total. The monoisotopic (exact) mass is 528 g/mol. The molecular formula is C23H18ClF5N4O3. The van der Waals surface area contributed by atoms with Gasteiger partial charge in [0.05, 0.1) is 31.5 Å². The summed E-state index contributed by atoms with van der Waals surface area (Å²) in [6.07, 6.45) is 0.386. The predicted molar refractivity (Wildman–Crippen MR) is 118 cm³/mol. The molecule has 0 aliphatic carbocycles. The summed E-state index contributed by atoms with van der Waals surface area (Å²) in [5, 5.41) is 2.58. The average Bonchev–Trinajstić information content (AvgIpc) is 3.11. The van der Waals surface area contributed by atoms with Crippen molar-refractivity contribution in [2.45, 2.75) is 24.4 Å². The Kier molecular flexibility index (Phi) is 7.10. The Bertz CT molecular complexity index is 1290. The van der Waals surface area contributed by atoms with Gasteiger partial charge in [0.2, 0.25) is 0 Å². The van der Waals surface area contributed by atoms with Crippen molar-refractivity contribution in [1.29, 1.82) is 0 Å². The van der Waals surface area contributed by atoms with Gasteiger partial charge in [0.1, 0.15) is 29.7 Å². The van der Waals surface area contributed by atoms with Crippen LogP contribution < -0.4 is 5.32 Å². The lowest BCUT2D eigenvalue weighted by atomic mass is 9.94. The van der Waals surface area contributed by atoms with E-state index in [0.717, 1.165) is 30.3 Å². The van der Waals surface area contributed by atoms with Crippen molar-refractivity contribution < 1.29 is 36.3 Å². The number of carbonyl (C=O) groups excluding carboxylic acids is 2. The third-order valence-corrected chi connectivity index (χ3v) is 6.08. The van der Waals surface area contributed by atoms with Gasteiger partial charge >= 0.3 is 5.97 Å². The number of pyridine rings is 1. The number of nitrogens with zero attached hydrogens (tertiary/aromatic N) is 3. The van der Waals surface area contributed by atoms with E-state index >= 15 is 0 Å². The number of nitrogens with one attached hydrogen (secondary N) is 1. The van der Waals surface area contributed by atoms with Crippen molar-refractivity contribution in [3.8, 4) is 0 Å². The molecule has 1 N–H and O–H groups in total. The van der Waals surface area contributed by atoms with Crippen LogP contribution in [-0.2, 0) is 14.3 Å². The molecule has 3 heterocycles. The van der Waals surface area contributed by atoms with Crippen molar-refractivity contribution in [2.24, 2.45) is 4.99 Å². The second kappa shape index (κ2) is 9.94. The number of halogens is 6. The zero-order chi connectivity index (χ0) is 26.2. The summed E-state index contributed by atoms with van der Waals surface area (Å²) in [6.45, 7) is -1.17. The van der Waals surface area contributed by atoms with Crippen molar-refractivity contribution in [2.75, 3.05) is 20.2 Å². The van der Waals surface area contributed by atoms with Gasteiger partial charge in [-0.3, -0.25) is 9.89 Å². The van der Waals surface area contributed by atoms with Gasteiger partial charge in [-0.2, -0.15) is 0 Å². The van der Waals surface area contributed by atoms with Crippen molar-refractivity contribution in [1.82, 2.24) is 15.2 Å². The van der Waals surface area contributed by atoms with E-state index in [1.807, 2.05) is 0 Å². The number of benzene rings is 1. The Labute approximate surface area is 206 Å².